The number of hydrogen-bond acceptors (Lipinski definition) is 5. The Balaban J connectivity index is 1.37. The average molecular weight is 425 g/mol. The van der Waals surface area contributed by atoms with Crippen molar-refractivity contribution in [3.63, 3.8) is 0 Å². The summed E-state index contributed by atoms with van der Waals surface area (Å²) in [5.41, 5.74) is 1.67. The first kappa shape index (κ1) is 20.8. The molecule has 0 bridgehead atoms. The van der Waals surface area contributed by atoms with Crippen LogP contribution in [-0.2, 0) is 0 Å². The molecule has 1 aromatic carbocycles. The lowest BCUT2D eigenvalue weighted by Gasteiger charge is -2.28. The van der Waals surface area contributed by atoms with E-state index in [-0.39, 0.29) is 11.9 Å². The van der Waals surface area contributed by atoms with Gasteiger partial charge in [0.05, 0.1) is 19.0 Å². The van der Waals surface area contributed by atoms with Gasteiger partial charge >= 0.3 is 6.09 Å². The number of rotatable bonds is 7. The van der Waals surface area contributed by atoms with Gasteiger partial charge in [-0.1, -0.05) is 12.1 Å². The van der Waals surface area contributed by atoms with Crippen molar-refractivity contribution in [2.45, 2.75) is 38.1 Å². The number of benzene rings is 1. The molecule has 1 aliphatic carbocycles. The van der Waals surface area contributed by atoms with E-state index < -0.39 is 6.09 Å². The topological polar surface area (TPSA) is 102 Å². The molecule has 1 saturated carbocycles. The summed E-state index contributed by atoms with van der Waals surface area (Å²) >= 11 is 0. The minimum Gasteiger partial charge on any atom is -0.490 e. The molecule has 2 heterocycles. The maximum absolute atomic E-state index is 14.1. The zero-order valence-corrected chi connectivity index (χ0v) is 16.9. The molecule has 31 heavy (non-hydrogen) atoms. The lowest BCUT2D eigenvalue weighted by molar-refractivity contribution is 0.178. The monoisotopic (exact) mass is 425 g/mol. The van der Waals surface area contributed by atoms with Crippen molar-refractivity contribution in [1.29, 1.82) is 0 Å². The van der Waals surface area contributed by atoms with Gasteiger partial charge in [-0.05, 0) is 50.2 Å². The Morgan fingerprint density at radius 3 is 2.81 bits per heavy atom. The second-order valence-electron chi connectivity index (χ2n) is 7.66. The maximum Gasteiger partial charge on any atom is 0.404 e. The van der Waals surface area contributed by atoms with E-state index in [1.807, 2.05) is 0 Å². The molecule has 0 unspecified atom stereocenters. The van der Waals surface area contributed by atoms with Crippen LogP contribution in [0.2, 0.25) is 0 Å². The highest BCUT2D eigenvalue weighted by Crippen LogP contribution is 2.30. The normalized spacial score (nSPS) is 18.5. The molecule has 0 radical (unpaired) electrons. The van der Waals surface area contributed by atoms with Crippen molar-refractivity contribution in [3.8, 4) is 22.7 Å². The number of hydrogen-bond donors (Lipinski definition) is 2. The summed E-state index contributed by atoms with van der Waals surface area (Å²) in [5.74, 6) is 0.699. The first-order valence-electron chi connectivity index (χ1n) is 10.3. The third kappa shape index (κ3) is 5.17. The van der Waals surface area contributed by atoms with Crippen molar-refractivity contribution in [1.82, 2.24) is 25.1 Å². The van der Waals surface area contributed by atoms with Crippen LogP contribution in [0.3, 0.4) is 0 Å². The van der Waals surface area contributed by atoms with Crippen LogP contribution < -0.4 is 10.1 Å². The molecule has 0 spiro atoms. The number of ether oxygens (including phenoxy) is 1. The number of amides is 1. The van der Waals surface area contributed by atoms with Gasteiger partial charge in [-0.15, -0.1) is 0 Å². The smallest absolute Gasteiger partial charge is 0.404 e. The molecule has 4 rings (SSSR count). The van der Waals surface area contributed by atoms with Gasteiger partial charge in [-0.2, -0.15) is 5.10 Å². The molecule has 162 valence electrons. The quantitative estimate of drug-likeness (QED) is 0.592. The largest absolute Gasteiger partial charge is 0.490 e. The second kappa shape index (κ2) is 9.55. The number of carbonyl (C=O) groups is 1. The lowest BCUT2D eigenvalue weighted by atomic mass is 9.84. The van der Waals surface area contributed by atoms with Crippen molar-refractivity contribution >= 4 is 6.09 Å². The highest BCUT2D eigenvalue weighted by atomic mass is 19.1. The molecular weight excluding hydrogens is 401 g/mol. The number of para-hydroxylation sites is 1. The number of aromatic nitrogens is 4. The van der Waals surface area contributed by atoms with Crippen molar-refractivity contribution in [3.05, 3.63) is 55.0 Å². The molecule has 1 fully saturated rings. The van der Waals surface area contributed by atoms with E-state index in [1.54, 1.807) is 36.8 Å². The van der Waals surface area contributed by atoms with Gasteiger partial charge in [0.1, 0.15) is 23.5 Å². The first-order valence-corrected chi connectivity index (χ1v) is 10.3. The van der Waals surface area contributed by atoms with Gasteiger partial charge in [0.2, 0.25) is 0 Å². The fourth-order valence-electron chi connectivity index (χ4n) is 3.96. The predicted octanol–water partition coefficient (Wildman–Crippen LogP) is 4.06. The van der Waals surface area contributed by atoms with Crippen LogP contribution in [0.1, 0.15) is 32.1 Å². The minimum atomic E-state index is -0.957. The molecule has 1 aliphatic rings. The summed E-state index contributed by atoms with van der Waals surface area (Å²) in [6.07, 6.45) is 9.98. The van der Waals surface area contributed by atoms with Crippen molar-refractivity contribution < 1.29 is 19.0 Å². The minimum absolute atomic E-state index is 0.0507. The Morgan fingerprint density at radius 2 is 2.03 bits per heavy atom. The van der Waals surface area contributed by atoms with Crippen molar-refractivity contribution in [2.75, 3.05) is 6.61 Å². The van der Waals surface area contributed by atoms with Gasteiger partial charge in [-0.3, -0.25) is 0 Å². The zero-order chi connectivity index (χ0) is 21.6. The molecule has 1 amide bonds. The number of carboxylic acid groups (broad SMARTS) is 1. The number of halogens is 1. The summed E-state index contributed by atoms with van der Waals surface area (Å²) in [7, 11) is 0. The van der Waals surface area contributed by atoms with E-state index in [4.69, 9.17) is 9.84 Å². The average Bonchev–Trinajstić information content (AvgIpc) is 3.25. The van der Waals surface area contributed by atoms with Gasteiger partial charge in [-0.25, -0.2) is 23.8 Å². The molecule has 0 saturated heterocycles. The van der Waals surface area contributed by atoms with Crippen LogP contribution in [0.4, 0.5) is 9.18 Å². The fraction of sp³-hybridized carbons (Fsp3) is 0.364. The third-order valence-corrected chi connectivity index (χ3v) is 5.59. The molecule has 0 atom stereocenters. The molecular formula is C22H24FN5O3. The summed E-state index contributed by atoms with van der Waals surface area (Å²) in [6.45, 7) is 0.517. The third-order valence-electron chi connectivity index (χ3n) is 5.59. The van der Waals surface area contributed by atoms with E-state index in [1.165, 1.54) is 17.1 Å². The Hall–Kier alpha value is -3.49. The number of nitrogens with one attached hydrogen (secondary N) is 1. The first-order chi connectivity index (χ1) is 15.1. The highest BCUT2D eigenvalue weighted by Gasteiger charge is 2.22. The van der Waals surface area contributed by atoms with Crippen LogP contribution in [0.15, 0.2) is 49.2 Å². The van der Waals surface area contributed by atoms with E-state index in [0.29, 0.717) is 35.2 Å². The Labute approximate surface area is 179 Å². The molecule has 3 aromatic rings. The van der Waals surface area contributed by atoms with Crippen LogP contribution in [0, 0.1) is 11.7 Å². The SMILES string of the molecule is O=C(O)NC1CCC(CCOc2cncnc2-c2cnn(-c3ccccc3F)c2)CC1. The lowest BCUT2D eigenvalue weighted by Crippen LogP contribution is -2.36. The summed E-state index contributed by atoms with van der Waals surface area (Å²) < 4.78 is 21.5. The highest BCUT2D eigenvalue weighted by molar-refractivity contribution is 5.65. The molecule has 0 aliphatic heterocycles. The van der Waals surface area contributed by atoms with Gasteiger partial charge in [0, 0.05) is 17.8 Å². The van der Waals surface area contributed by atoms with Gasteiger partial charge in [0.25, 0.3) is 0 Å². The van der Waals surface area contributed by atoms with Crippen LogP contribution >= 0.6 is 0 Å². The molecule has 2 N–H and O–H groups in total. The van der Waals surface area contributed by atoms with Crippen LogP contribution in [-0.4, -0.2) is 43.6 Å². The second-order valence-corrected chi connectivity index (χ2v) is 7.66. The van der Waals surface area contributed by atoms with E-state index in [2.05, 4.69) is 20.4 Å². The van der Waals surface area contributed by atoms with E-state index >= 15 is 0 Å². The van der Waals surface area contributed by atoms with Gasteiger partial charge in [0.15, 0.2) is 5.75 Å². The zero-order valence-electron chi connectivity index (χ0n) is 16.9. The molecule has 8 nitrogen and oxygen atoms in total. The Morgan fingerprint density at radius 1 is 1.23 bits per heavy atom. The summed E-state index contributed by atoms with van der Waals surface area (Å²) in [4.78, 5) is 19.2. The predicted molar refractivity (Wildman–Crippen MR) is 112 cm³/mol. The standard InChI is InChI=1S/C22H24FN5O3/c23-18-3-1-2-4-19(18)28-13-16(11-26-28)21-20(12-24-14-25-21)31-10-9-15-5-7-17(8-6-15)27-22(29)30/h1-4,11-15,17,27H,5-10H2,(H,29,30). The molecule has 2 aromatic heterocycles. The van der Waals surface area contributed by atoms with Crippen molar-refractivity contribution in [2.24, 2.45) is 5.92 Å². The number of nitrogens with zero attached hydrogens (tertiary/aromatic N) is 4. The van der Waals surface area contributed by atoms with Crippen LogP contribution in [0.25, 0.3) is 16.9 Å². The molecule has 9 heteroatoms. The van der Waals surface area contributed by atoms with E-state index in [9.17, 15) is 9.18 Å². The van der Waals surface area contributed by atoms with Gasteiger partial charge < -0.3 is 15.2 Å². The fourth-order valence-corrected chi connectivity index (χ4v) is 3.96. The summed E-state index contributed by atoms with van der Waals surface area (Å²) in [5, 5.41) is 15.7. The van der Waals surface area contributed by atoms with E-state index in [0.717, 1.165) is 32.1 Å². The Kier molecular flexibility index (Phi) is 6.40. The van der Waals surface area contributed by atoms with Crippen LogP contribution in [0.5, 0.6) is 5.75 Å². The Bertz CT molecular complexity index is 1030. The maximum atomic E-state index is 14.1. The summed E-state index contributed by atoms with van der Waals surface area (Å²) in [6, 6.07) is 6.49.